The van der Waals surface area contributed by atoms with Crippen molar-refractivity contribution in [1.29, 1.82) is 5.26 Å². The van der Waals surface area contributed by atoms with Gasteiger partial charge >= 0.3 is 0 Å². The van der Waals surface area contributed by atoms with Gasteiger partial charge in [-0.2, -0.15) is 5.26 Å². The Kier molecular flexibility index (Phi) is 7.25. The van der Waals surface area contributed by atoms with Gasteiger partial charge in [0.25, 0.3) is 0 Å². The number of nitrogens with one attached hydrogen (secondary N) is 1. The predicted molar refractivity (Wildman–Crippen MR) is 88.0 cm³/mol. The van der Waals surface area contributed by atoms with Gasteiger partial charge in [0.15, 0.2) is 0 Å². The standard InChI is InChI=1S/C19H21FN2O/c20-18-10-8-16(9-11-18)13-22-19(7-4-12-21)15-23-14-17-5-2-1-3-6-17/h1-3,5-6,8-11,19,22H,4,7,13-15H2. The monoisotopic (exact) mass is 312 g/mol. The molecule has 1 unspecified atom stereocenters. The van der Waals surface area contributed by atoms with Crippen LogP contribution in [0.25, 0.3) is 0 Å². The first-order chi connectivity index (χ1) is 11.3. The Bertz CT molecular complexity index is 608. The predicted octanol–water partition coefficient (Wildman–Crippen LogP) is 3.80. The fourth-order valence-corrected chi connectivity index (χ4v) is 2.24. The van der Waals surface area contributed by atoms with Crippen molar-refractivity contribution < 1.29 is 9.13 Å². The second-order valence-corrected chi connectivity index (χ2v) is 5.40. The van der Waals surface area contributed by atoms with E-state index in [1.54, 1.807) is 12.1 Å². The fourth-order valence-electron chi connectivity index (χ4n) is 2.24. The molecule has 23 heavy (non-hydrogen) atoms. The highest BCUT2D eigenvalue weighted by atomic mass is 19.1. The molecule has 0 aromatic heterocycles. The lowest BCUT2D eigenvalue weighted by molar-refractivity contribution is 0.0961. The first-order valence-corrected chi connectivity index (χ1v) is 7.74. The average molecular weight is 312 g/mol. The van der Waals surface area contributed by atoms with E-state index >= 15 is 0 Å². The van der Waals surface area contributed by atoms with Gasteiger partial charge in [0.2, 0.25) is 0 Å². The molecule has 2 rings (SSSR count). The smallest absolute Gasteiger partial charge is 0.123 e. The third-order valence-electron chi connectivity index (χ3n) is 3.54. The van der Waals surface area contributed by atoms with Crippen molar-refractivity contribution in [2.75, 3.05) is 6.61 Å². The van der Waals surface area contributed by atoms with Crippen LogP contribution in [0.4, 0.5) is 4.39 Å². The summed E-state index contributed by atoms with van der Waals surface area (Å²) in [6.07, 6.45) is 1.21. The van der Waals surface area contributed by atoms with Crippen molar-refractivity contribution in [3.63, 3.8) is 0 Å². The zero-order valence-corrected chi connectivity index (χ0v) is 13.0. The molecule has 0 saturated heterocycles. The van der Waals surface area contributed by atoms with Crippen LogP contribution in [0.5, 0.6) is 0 Å². The number of benzene rings is 2. The Labute approximate surface area is 136 Å². The van der Waals surface area contributed by atoms with Crippen molar-refractivity contribution in [1.82, 2.24) is 5.32 Å². The van der Waals surface area contributed by atoms with Gasteiger partial charge in [-0.05, 0) is 29.7 Å². The maximum atomic E-state index is 12.9. The third kappa shape index (κ3) is 6.60. The van der Waals surface area contributed by atoms with Crippen LogP contribution in [0.2, 0.25) is 0 Å². The maximum Gasteiger partial charge on any atom is 0.123 e. The van der Waals surface area contributed by atoms with Gasteiger partial charge in [-0.3, -0.25) is 0 Å². The van der Waals surface area contributed by atoms with Crippen LogP contribution in [-0.4, -0.2) is 12.6 Å². The molecule has 3 nitrogen and oxygen atoms in total. The number of rotatable bonds is 9. The summed E-state index contributed by atoms with van der Waals surface area (Å²) in [4.78, 5) is 0. The Morgan fingerprint density at radius 1 is 1.04 bits per heavy atom. The quantitative estimate of drug-likeness (QED) is 0.766. The molecule has 0 bridgehead atoms. The summed E-state index contributed by atoms with van der Waals surface area (Å²) in [5, 5.41) is 12.2. The number of ether oxygens (including phenoxy) is 1. The van der Waals surface area contributed by atoms with E-state index in [1.807, 2.05) is 30.3 Å². The van der Waals surface area contributed by atoms with Crippen molar-refractivity contribution >= 4 is 0 Å². The van der Waals surface area contributed by atoms with E-state index in [-0.39, 0.29) is 11.9 Å². The summed E-state index contributed by atoms with van der Waals surface area (Å²) in [5.74, 6) is -0.235. The van der Waals surface area contributed by atoms with Crippen molar-refractivity contribution in [3.8, 4) is 6.07 Å². The van der Waals surface area contributed by atoms with E-state index in [1.165, 1.54) is 12.1 Å². The molecule has 0 fully saturated rings. The molecule has 0 amide bonds. The zero-order valence-electron chi connectivity index (χ0n) is 13.0. The SMILES string of the molecule is N#CCCC(COCc1ccccc1)NCc1ccc(F)cc1. The van der Waals surface area contributed by atoms with Gasteiger partial charge in [0, 0.05) is 19.0 Å². The highest BCUT2D eigenvalue weighted by molar-refractivity contribution is 5.16. The largest absolute Gasteiger partial charge is 0.375 e. The van der Waals surface area contributed by atoms with Crippen LogP contribution in [0.15, 0.2) is 54.6 Å². The van der Waals surface area contributed by atoms with Crippen LogP contribution in [0.3, 0.4) is 0 Å². The summed E-state index contributed by atoms with van der Waals surface area (Å²) in [5.41, 5.74) is 2.14. The fraction of sp³-hybridized carbons (Fsp3) is 0.316. The highest BCUT2D eigenvalue weighted by Gasteiger charge is 2.08. The van der Waals surface area contributed by atoms with E-state index < -0.39 is 0 Å². The van der Waals surface area contributed by atoms with Crippen LogP contribution in [0.1, 0.15) is 24.0 Å². The lowest BCUT2D eigenvalue weighted by Crippen LogP contribution is -2.33. The van der Waals surface area contributed by atoms with E-state index in [2.05, 4.69) is 11.4 Å². The second kappa shape index (κ2) is 9.73. The van der Waals surface area contributed by atoms with Gasteiger partial charge in [0.1, 0.15) is 5.82 Å². The van der Waals surface area contributed by atoms with Crippen LogP contribution < -0.4 is 5.32 Å². The van der Waals surface area contributed by atoms with Crippen LogP contribution in [-0.2, 0) is 17.9 Å². The molecule has 2 aromatic rings. The molecule has 0 aliphatic heterocycles. The van der Waals surface area contributed by atoms with E-state index in [0.29, 0.717) is 26.2 Å². The van der Waals surface area contributed by atoms with E-state index in [0.717, 1.165) is 17.5 Å². The lowest BCUT2D eigenvalue weighted by atomic mass is 10.1. The third-order valence-corrected chi connectivity index (χ3v) is 3.54. The van der Waals surface area contributed by atoms with Gasteiger partial charge < -0.3 is 10.1 Å². The topological polar surface area (TPSA) is 45.0 Å². The van der Waals surface area contributed by atoms with Crippen LogP contribution >= 0.6 is 0 Å². The molecular weight excluding hydrogens is 291 g/mol. The Balaban J connectivity index is 1.79. The summed E-state index contributed by atoms with van der Waals surface area (Å²) in [6, 6.07) is 18.7. The molecule has 1 atom stereocenters. The van der Waals surface area contributed by atoms with Crippen LogP contribution in [0, 0.1) is 17.1 Å². The first kappa shape index (κ1) is 17.1. The summed E-state index contributed by atoms with van der Waals surface area (Å²) in [6.45, 7) is 1.73. The Hall–Kier alpha value is -2.22. The number of hydrogen-bond acceptors (Lipinski definition) is 3. The van der Waals surface area contributed by atoms with Gasteiger partial charge in [-0.15, -0.1) is 0 Å². The van der Waals surface area contributed by atoms with Crippen molar-refractivity contribution in [3.05, 3.63) is 71.5 Å². The second-order valence-electron chi connectivity index (χ2n) is 5.40. The minimum atomic E-state index is -0.235. The van der Waals surface area contributed by atoms with E-state index in [9.17, 15) is 4.39 Å². The minimum absolute atomic E-state index is 0.100. The maximum absolute atomic E-state index is 12.9. The molecule has 0 aliphatic carbocycles. The molecule has 120 valence electrons. The summed E-state index contributed by atoms with van der Waals surface area (Å²) < 4.78 is 18.7. The highest BCUT2D eigenvalue weighted by Crippen LogP contribution is 2.06. The number of nitriles is 1. The molecular formula is C19H21FN2O. The Morgan fingerprint density at radius 2 is 1.78 bits per heavy atom. The molecule has 2 aromatic carbocycles. The summed E-state index contributed by atoms with van der Waals surface area (Å²) >= 11 is 0. The molecule has 1 N–H and O–H groups in total. The first-order valence-electron chi connectivity index (χ1n) is 7.74. The zero-order chi connectivity index (χ0) is 16.3. The molecule has 0 spiro atoms. The normalized spacial score (nSPS) is 11.8. The van der Waals surface area contributed by atoms with Crippen molar-refractivity contribution in [2.45, 2.75) is 32.0 Å². The van der Waals surface area contributed by atoms with E-state index in [4.69, 9.17) is 10.00 Å². The molecule has 0 saturated carbocycles. The number of nitrogens with zero attached hydrogens (tertiary/aromatic N) is 1. The number of hydrogen-bond donors (Lipinski definition) is 1. The van der Waals surface area contributed by atoms with Gasteiger partial charge in [0.05, 0.1) is 19.3 Å². The minimum Gasteiger partial charge on any atom is -0.375 e. The average Bonchev–Trinajstić information content (AvgIpc) is 2.59. The van der Waals surface area contributed by atoms with Gasteiger partial charge in [-0.1, -0.05) is 42.5 Å². The molecule has 0 heterocycles. The summed E-state index contributed by atoms with van der Waals surface area (Å²) in [7, 11) is 0. The molecule has 0 aliphatic rings. The number of halogens is 1. The Morgan fingerprint density at radius 3 is 2.48 bits per heavy atom. The molecule has 4 heteroatoms. The van der Waals surface area contributed by atoms with Crippen molar-refractivity contribution in [2.24, 2.45) is 0 Å². The molecule has 0 radical (unpaired) electrons. The lowest BCUT2D eigenvalue weighted by Gasteiger charge is -2.18. The van der Waals surface area contributed by atoms with Gasteiger partial charge in [-0.25, -0.2) is 4.39 Å².